The quantitative estimate of drug-likeness (QED) is 0.368. The van der Waals surface area contributed by atoms with E-state index < -0.39 is 5.60 Å². The Labute approximate surface area is 210 Å². The third-order valence-corrected chi connectivity index (χ3v) is 7.08. The summed E-state index contributed by atoms with van der Waals surface area (Å²) in [5.41, 5.74) is 2.63. The zero-order chi connectivity index (χ0) is 24.3. The maximum absolute atomic E-state index is 12.1. The van der Waals surface area contributed by atoms with Crippen LogP contribution < -0.4 is 5.32 Å². The fraction of sp³-hybridized carbons (Fsp3) is 0.250. The summed E-state index contributed by atoms with van der Waals surface area (Å²) in [4.78, 5) is 6.44. The predicted octanol–water partition coefficient (Wildman–Crippen LogP) is 5.39. The van der Waals surface area contributed by atoms with Gasteiger partial charge in [-0.1, -0.05) is 65.8 Å². The number of aromatic nitrogens is 2. The van der Waals surface area contributed by atoms with Gasteiger partial charge in [-0.05, 0) is 66.4 Å². The van der Waals surface area contributed by atoms with Crippen molar-refractivity contribution in [2.45, 2.75) is 25.4 Å². The van der Waals surface area contributed by atoms with E-state index in [1.165, 1.54) is 0 Å². The minimum atomic E-state index is -1.03. The molecule has 0 spiro atoms. The molecule has 2 heterocycles. The molecule has 1 fully saturated rings. The molecule has 0 atom stereocenters. The number of nitrogens with one attached hydrogen (secondary N) is 1. The van der Waals surface area contributed by atoms with Crippen LogP contribution in [0.3, 0.4) is 0 Å². The molecule has 0 radical (unpaired) electrons. The number of aryl methyl sites for hydroxylation is 1. The Morgan fingerprint density at radius 2 is 1.51 bits per heavy atom. The SMILES string of the molecule is Cc1nc(-c2ccc(NC(=S)N3CCC(C(O)(c4ccccc4)c4ccccc4)CC3)cc2)no1. The van der Waals surface area contributed by atoms with Gasteiger partial charge in [0.05, 0.1) is 0 Å². The molecule has 35 heavy (non-hydrogen) atoms. The number of aliphatic hydroxyl groups is 1. The summed E-state index contributed by atoms with van der Waals surface area (Å²) in [5.74, 6) is 1.20. The van der Waals surface area contributed by atoms with Gasteiger partial charge < -0.3 is 19.8 Å². The van der Waals surface area contributed by atoms with Gasteiger partial charge in [0, 0.05) is 31.3 Å². The zero-order valence-corrected chi connectivity index (χ0v) is 20.4. The van der Waals surface area contributed by atoms with Gasteiger partial charge in [-0.3, -0.25) is 0 Å². The van der Waals surface area contributed by atoms with Crippen LogP contribution in [-0.4, -0.2) is 38.3 Å². The summed E-state index contributed by atoms with van der Waals surface area (Å²) in [7, 11) is 0. The Morgan fingerprint density at radius 1 is 0.943 bits per heavy atom. The Bertz CT molecular complexity index is 1230. The predicted molar refractivity (Wildman–Crippen MR) is 141 cm³/mol. The number of thiocarbonyl (C=S) groups is 1. The fourth-order valence-electron chi connectivity index (χ4n) is 4.84. The van der Waals surface area contributed by atoms with Gasteiger partial charge in [0.1, 0.15) is 5.60 Å². The van der Waals surface area contributed by atoms with E-state index in [0.29, 0.717) is 16.8 Å². The molecule has 0 amide bonds. The van der Waals surface area contributed by atoms with E-state index in [1.807, 2.05) is 84.9 Å². The molecule has 178 valence electrons. The van der Waals surface area contributed by atoms with Crippen LogP contribution in [-0.2, 0) is 5.60 Å². The van der Waals surface area contributed by atoms with Crippen molar-refractivity contribution < 1.29 is 9.63 Å². The highest BCUT2D eigenvalue weighted by Gasteiger charge is 2.41. The average molecular weight is 485 g/mol. The highest BCUT2D eigenvalue weighted by atomic mass is 32.1. The first kappa shape index (κ1) is 23.2. The van der Waals surface area contributed by atoms with Crippen LogP contribution in [0.5, 0.6) is 0 Å². The Morgan fingerprint density at radius 3 is 2.03 bits per heavy atom. The number of hydrogen-bond acceptors (Lipinski definition) is 5. The molecule has 5 rings (SSSR count). The van der Waals surface area contributed by atoms with E-state index >= 15 is 0 Å². The van der Waals surface area contributed by atoms with Crippen molar-refractivity contribution in [1.29, 1.82) is 0 Å². The largest absolute Gasteiger partial charge is 0.380 e. The molecule has 1 saturated heterocycles. The summed E-state index contributed by atoms with van der Waals surface area (Å²) in [6.07, 6.45) is 1.66. The second-order valence-corrected chi connectivity index (χ2v) is 9.29. The van der Waals surface area contributed by atoms with Crippen LogP contribution in [0.1, 0.15) is 29.9 Å². The second-order valence-electron chi connectivity index (χ2n) is 8.90. The molecule has 6 nitrogen and oxygen atoms in total. The molecule has 0 saturated carbocycles. The maximum Gasteiger partial charge on any atom is 0.223 e. The van der Waals surface area contributed by atoms with Crippen LogP contribution in [0.2, 0.25) is 0 Å². The van der Waals surface area contributed by atoms with Crippen molar-refractivity contribution in [3.8, 4) is 11.4 Å². The molecule has 1 aliphatic rings. The standard InChI is InChI=1S/C28H28N4O2S/c1-20-29-26(31-34-20)21-12-14-25(15-13-21)30-27(35)32-18-16-24(17-19-32)28(33,22-8-4-2-5-9-22)23-10-6-3-7-11-23/h2-15,24,33H,16-19H2,1H3,(H,30,35). The van der Waals surface area contributed by atoms with Gasteiger partial charge >= 0.3 is 0 Å². The normalized spacial score (nSPS) is 14.6. The Hall–Kier alpha value is -3.55. The van der Waals surface area contributed by atoms with Gasteiger partial charge in [0.25, 0.3) is 0 Å². The number of piperidine rings is 1. The van der Waals surface area contributed by atoms with Gasteiger partial charge in [-0.2, -0.15) is 4.98 Å². The molecule has 2 N–H and O–H groups in total. The number of benzene rings is 3. The number of rotatable bonds is 5. The molecular weight excluding hydrogens is 456 g/mol. The number of anilines is 1. The van der Waals surface area contributed by atoms with Gasteiger partial charge in [-0.15, -0.1) is 0 Å². The maximum atomic E-state index is 12.1. The number of nitrogens with zero attached hydrogens (tertiary/aromatic N) is 3. The minimum absolute atomic E-state index is 0.0871. The summed E-state index contributed by atoms with van der Waals surface area (Å²) < 4.78 is 5.06. The van der Waals surface area contributed by atoms with Crippen LogP contribution in [0.25, 0.3) is 11.4 Å². The Kier molecular flexibility index (Phi) is 6.61. The molecule has 0 bridgehead atoms. The third kappa shape index (κ3) is 4.83. The van der Waals surface area contributed by atoms with Crippen molar-refractivity contribution in [2.75, 3.05) is 18.4 Å². The van der Waals surface area contributed by atoms with Crippen LogP contribution in [0.15, 0.2) is 89.5 Å². The minimum Gasteiger partial charge on any atom is -0.380 e. The van der Waals surface area contributed by atoms with E-state index in [0.717, 1.165) is 48.3 Å². The molecule has 7 heteroatoms. The first-order valence-corrected chi connectivity index (χ1v) is 12.2. The first-order chi connectivity index (χ1) is 17.0. The smallest absolute Gasteiger partial charge is 0.223 e. The van der Waals surface area contributed by atoms with Crippen LogP contribution in [0, 0.1) is 12.8 Å². The average Bonchev–Trinajstić information content (AvgIpc) is 3.36. The van der Waals surface area contributed by atoms with E-state index in [2.05, 4.69) is 20.4 Å². The molecule has 0 aliphatic carbocycles. The molecule has 1 aromatic heterocycles. The topological polar surface area (TPSA) is 74.4 Å². The van der Waals surface area contributed by atoms with E-state index in [1.54, 1.807) is 6.92 Å². The lowest BCUT2D eigenvalue weighted by Gasteiger charge is -2.43. The highest BCUT2D eigenvalue weighted by molar-refractivity contribution is 7.80. The van der Waals surface area contributed by atoms with Crippen molar-refractivity contribution in [3.63, 3.8) is 0 Å². The zero-order valence-electron chi connectivity index (χ0n) is 19.6. The molecular formula is C28H28N4O2S. The summed E-state index contributed by atoms with van der Waals surface area (Å²) in [6, 6.07) is 27.8. The molecule has 1 aliphatic heterocycles. The van der Waals surface area contributed by atoms with Crippen molar-refractivity contribution >= 4 is 23.0 Å². The monoisotopic (exact) mass is 484 g/mol. The lowest BCUT2D eigenvalue weighted by Crippen LogP contribution is -2.47. The van der Waals surface area contributed by atoms with Gasteiger partial charge in [-0.25, -0.2) is 0 Å². The molecule has 4 aromatic rings. The van der Waals surface area contributed by atoms with Crippen molar-refractivity contribution in [3.05, 3.63) is 102 Å². The van der Waals surface area contributed by atoms with Crippen LogP contribution >= 0.6 is 12.2 Å². The lowest BCUT2D eigenvalue weighted by atomic mass is 9.72. The van der Waals surface area contributed by atoms with Gasteiger partial charge in [0.15, 0.2) is 5.11 Å². The second kappa shape index (κ2) is 9.98. The summed E-state index contributed by atoms with van der Waals surface area (Å²) in [6.45, 7) is 3.33. The fourth-order valence-corrected chi connectivity index (χ4v) is 5.15. The number of likely N-dealkylation sites (tertiary alicyclic amines) is 1. The molecule has 3 aromatic carbocycles. The van der Waals surface area contributed by atoms with Crippen molar-refractivity contribution in [2.24, 2.45) is 5.92 Å². The summed E-state index contributed by atoms with van der Waals surface area (Å²) in [5, 5.41) is 20.1. The van der Waals surface area contributed by atoms with Gasteiger partial charge in [0.2, 0.25) is 11.7 Å². The van der Waals surface area contributed by atoms with Crippen LogP contribution in [0.4, 0.5) is 5.69 Å². The van der Waals surface area contributed by atoms with Crippen molar-refractivity contribution in [1.82, 2.24) is 15.0 Å². The first-order valence-electron chi connectivity index (χ1n) is 11.8. The van der Waals surface area contributed by atoms with E-state index in [4.69, 9.17) is 16.7 Å². The third-order valence-electron chi connectivity index (χ3n) is 6.72. The summed E-state index contributed by atoms with van der Waals surface area (Å²) >= 11 is 5.72. The molecule has 0 unspecified atom stereocenters. The number of hydrogen-bond donors (Lipinski definition) is 2. The highest BCUT2D eigenvalue weighted by Crippen LogP contribution is 2.42. The Balaban J connectivity index is 1.25. The van der Waals surface area contributed by atoms with E-state index in [9.17, 15) is 5.11 Å². The van der Waals surface area contributed by atoms with E-state index in [-0.39, 0.29) is 5.92 Å². The lowest BCUT2D eigenvalue weighted by molar-refractivity contribution is -0.00631.